The molecule has 70 valence electrons. The molecule has 0 spiro atoms. The van der Waals surface area contributed by atoms with E-state index in [1.54, 1.807) is 0 Å². The fourth-order valence-electron chi connectivity index (χ4n) is 2.87. The van der Waals surface area contributed by atoms with Gasteiger partial charge in [-0.15, -0.1) is 0 Å². The fraction of sp³-hybridized carbons (Fsp3) is 0.727. The number of hydrogen-bond acceptors (Lipinski definition) is 2. The molecule has 1 fully saturated rings. The van der Waals surface area contributed by atoms with Crippen molar-refractivity contribution in [2.45, 2.75) is 51.2 Å². The molecule has 2 aliphatic heterocycles. The largest absolute Gasteiger partial charge is 0.346 e. The number of nitrogens with zero attached hydrogens (tertiary/aromatic N) is 2. The van der Waals surface area contributed by atoms with Gasteiger partial charge in [-0.1, -0.05) is 6.08 Å². The van der Waals surface area contributed by atoms with Gasteiger partial charge in [0.15, 0.2) is 0 Å². The van der Waals surface area contributed by atoms with E-state index in [2.05, 4.69) is 31.7 Å². The quantitative estimate of drug-likeness (QED) is 0.515. The maximum atomic E-state index is 4.77. The number of amidine groups is 1. The lowest BCUT2D eigenvalue weighted by Crippen LogP contribution is -2.50. The van der Waals surface area contributed by atoms with Gasteiger partial charge in [0.1, 0.15) is 5.84 Å². The van der Waals surface area contributed by atoms with Gasteiger partial charge in [0, 0.05) is 12.0 Å². The fourth-order valence-corrected chi connectivity index (χ4v) is 2.87. The summed E-state index contributed by atoms with van der Waals surface area (Å²) in [5.74, 6) is 1.35. The topological polar surface area (TPSA) is 15.6 Å². The van der Waals surface area contributed by atoms with Gasteiger partial charge in [-0.3, -0.25) is 4.99 Å². The predicted octanol–water partition coefficient (Wildman–Crippen LogP) is 1.97. The van der Waals surface area contributed by atoms with Crippen LogP contribution in [0.4, 0.5) is 0 Å². The second kappa shape index (κ2) is 1.99. The van der Waals surface area contributed by atoms with Crippen molar-refractivity contribution in [1.29, 1.82) is 0 Å². The Morgan fingerprint density at radius 2 is 2.31 bits per heavy atom. The van der Waals surface area contributed by atoms with Crippen LogP contribution in [-0.4, -0.2) is 28.4 Å². The zero-order valence-electron chi connectivity index (χ0n) is 8.54. The molecule has 0 aromatic rings. The van der Waals surface area contributed by atoms with Crippen molar-refractivity contribution in [3.05, 3.63) is 11.6 Å². The van der Waals surface area contributed by atoms with Gasteiger partial charge in [0.05, 0.1) is 12.1 Å². The summed E-state index contributed by atoms with van der Waals surface area (Å²) in [6.07, 6.45) is 4.82. The molecule has 2 atom stereocenters. The summed E-state index contributed by atoms with van der Waals surface area (Å²) in [5, 5.41) is 0. The van der Waals surface area contributed by atoms with Crippen LogP contribution in [0.1, 0.15) is 33.6 Å². The molecule has 3 aliphatic rings. The van der Waals surface area contributed by atoms with E-state index < -0.39 is 0 Å². The predicted molar refractivity (Wildman–Crippen MR) is 53.9 cm³/mol. The molecule has 0 aromatic carbocycles. The molecule has 0 amide bonds. The minimum atomic E-state index is 0.343. The van der Waals surface area contributed by atoms with Crippen LogP contribution in [0, 0.1) is 0 Å². The van der Waals surface area contributed by atoms with Crippen molar-refractivity contribution in [3.8, 4) is 0 Å². The van der Waals surface area contributed by atoms with Crippen molar-refractivity contribution >= 4 is 5.84 Å². The van der Waals surface area contributed by atoms with Crippen LogP contribution in [0.2, 0.25) is 0 Å². The first kappa shape index (κ1) is 7.60. The lowest BCUT2D eigenvalue weighted by molar-refractivity contribution is 0.197. The number of hydrogen-bond donors (Lipinski definition) is 0. The van der Waals surface area contributed by atoms with Crippen LogP contribution in [-0.2, 0) is 0 Å². The number of fused-ring (bicyclic) bond motifs is 3. The van der Waals surface area contributed by atoms with E-state index in [-0.39, 0.29) is 0 Å². The van der Waals surface area contributed by atoms with E-state index >= 15 is 0 Å². The Bertz CT molecular complexity index is 325. The second-order valence-corrected chi connectivity index (χ2v) is 5.07. The molecule has 0 radical (unpaired) electrons. The molecule has 2 heteroatoms. The normalized spacial score (nSPS) is 39.2. The minimum Gasteiger partial charge on any atom is -0.346 e. The third-order valence-electron chi connectivity index (χ3n) is 3.70. The zero-order valence-corrected chi connectivity index (χ0v) is 8.54. The van der Waals surface area contributed by atoms with Crippen molar-refractivity contribution < 1.29 is 0 Å². The van der Waals surface area contributed by atoms with Gasteiger partial charge in [-0.2, -0.15) is 0 Å². The summed E-state index contributed by atoms with van der Waals surface area (Å²) in [7, 11) is 0. The van der Waals surface area contributed by atoms with Gasteiger partial charge < -0.3 is 4.90 Å². The monoisotopic (exact) mass is 176 g/mol. The highest BCUT2D eigenvalue weighted by Crippen LogP contribution is 2.43. The van der Waals surface area contributed by atoms with Crippen molar-refractivity contribution in [2.24, 2.45) is 4.99 Å². The van der Waals surface area contributed by atoms with Crippen LogP contribution in [0.5, 0.6) is 0 Å². The summed E-state index contributed by atoms with van der Waals surface area (Å²) in [6, 6.07) is 1.11. The summed E-state index contributed by atoms with van der Waals surface area (Å²) in [6.45, 7) is 6.86. The van der Waals surface area contributed by atoms with E-state index in [9.17, 15) is 0 Å². The summed E-state index contributed by atoms with van der Waals surface area (Å²) >= 11 is 0. The molecule has 2 nitrogen and oxygen atoms in total. The van der Waals surface area contributed by atoms with E-state index in [0.717, 1.165) is 0 Å². The molecular formula is C11H16N2. The smallest absolute Gasteiger partial charge is 0.101 e. The lowest BCUT2D eigenvalue weighted by Gasteiger charge is -2.40. The Labute approximate surface area is 79.3 Å². The van der Waals surface area contributed by atoms with Crippen LogP contribution >= 0.6 is 0 Å². The van der Waals surface area contributed by atoms with Crippen LogP contribution in [0.25, 0.3) is 0 Å². The minimum absolute atomic E-state index is 0.343. The van der Waals surface area contributed by atoms with E-state index in [1.807, 2.05) is 0 Å². The van der Waals surface area contributed by atoms with Gasteiger partial charge in [0.25, 0.3) is 0 Å². The lowest BCUT2D eigenvalue weighted by atomic mass is 9.86. The molecule has 1 aliphatic carbocycles. The van der Waals surface area contributed by atoms with Gasteiger partial charge >= 0.3 is 0 Å². The maximum Gasteiger partial charge on any atom is 0.101 e. The highest BCUT2D eigenvalue weighted by atomic mass is 15.4. The molecule has 0 bridgehead atoms. The average Bonchev–Trinajstić information content (AvgIpc) is 2.49. The highest BCUT2D eigenvalue weighted by Gasteiger charge is 2.50. The van der Waals surface area contributed by atoms with Gasteiger partial charge in [0.2, 0.25) is 0 Å². The highest BCUT2D eigenvalue weighted by molar-refractivity contribution is 5.89. The first-order valence-corrected chi connectivity index (χ1v) is 5.14. The first-order valence-electron chi connectivity index (χ1n) is 5.14. The second-order valence-electron chi connectivity index (χ2n) is 5.07. The molecule has 0 N–H and O–H groups in total. The Kier molecular flexibility index (Phi) is 1.17. The van der Waals surface area contributed by atoms with Crippen molar-refractivity contribution in [3.63, 3.8) is 0 Å². The van der Waals surface area contributed by atoms with Crippen molar-refractivity contribution in [1.82, 2.24) is 4.90 Å². The molecule has 1 saturated heterocycles. The summed E-state index contributed by atoms with van der Waals surface area (Å²) in [5.41, 5.74) is 1.80. The standard InChI is InChI=1S/C11H16N2/c1-7-6-8-10(7)12-9-4-5-11(2,3)13(8)9/h6,8,10H,4-5H2,1-3H3/t8?,10-/m0/s1. The van der Waals surface area contributed by atoms with Gasteiger partial charge in [-0.25, -0.2) is 0 Å². The average molecular weight is 176 g/mol. The molecule has 0 saturated carbocycles. The number of rotatable bonds is 0. The SMILES string of the molecule is CC1=CC2[C@H]1N=C1CCC(C)(C)N12. The maximum absolute atomic E-state index is 4.77. The van der Waals surface area contributed by atoms with Crippen LogP contribution in [0.15, 0.2) is 16.6 Å². The Hall–Kier alpha value is -0.790. The third-order valence-corrected chi connectivity index (χ3v) is 3.70. The van der Waals surface area contributed by atoms with Gasteiger partial charge in [-0.05, 0) is 32.8 Å². The zero-order chi connectivity index (χ0) is 9.22. The molecule has 13 heavy (non-hydrogen) atoms. The summed E-state index contributed by atoms with van der Waals surface area (Å²) < 4.78 is 0. The third kappa shape index (κ3) is 0.767. The molecule has 1 unspecified atom stereocenters. The Balaban J connectivity index is 2.01. The Morgan fingerprint density at radius 1 is 1.54 bits per heavy atom. The summed E-state index contributed by atoms with van der Waals surface area (Å²) in [4.78, 5) is 7.30. The van der Waals surface area contributed by atoms with Crippen molar-refractivity contribution in [2.75, 3.05) is 0 Å². The van der Waals surface area contributed by atoms with E-state index in [4.69, 9.17) is 4.99 Å². The molecule has 3 rings (SSSR count). The van der Waals surface area contributed by atoms with E-state index in [1.165, 1.54) is 24.3 Å². The Morgan fingerprint density at radius 3 is 3.00 bits per heavy atom. The first-order chi connectivity index (χ1) is 6.09. The molecule has 2 heterocycles. The van der Waals surface area contributed by atoms with Crippen LogP contribution < -0.4 is 0 Å². The molecule has 0 aromatic heterocycles. The van der Waals surface area contributed by atoms with Crippen LogP contribution in [0.3, 0.4) is 0 Å². The number of aliphatic imine (C=N–C) groups is 1. The van der Waals surface area contributed by atoms with E-state index in [0.29, 0.717) is 17.6 Å². The molecular weight excluding hydrogens is 160 g/mol.